The highest BCUT2D eigenvalue weighted by molar-refractivity contribution is 5.45. The molecule has 94 valence electrons. The van der Waals surface area contributed by atoms with Crippen molar-refractivity contribution in [2.45, 2.75) is 25.8 Å². The Hall–Kier alpha value is -1.97. The SMILES string of the molecule is CCc1cc2n(n1)C(c1cccc(N)c1)CCN2. The molecular formula is C14H18N4. The zero-order valence-electron chi connectivity index (χ0n) is 10.6. The number of anilines is 2. The van der Waals surface area contributed by atoms with Crippen molar-refractivity contribution in [1.82, 2.24) is 9.78 Å². The van der Waals surface area contributed by atoms with Gasteiger partial charge in [-0.3, -0.25) is 0 Å². The summed E-state index contributed by atoms with van der Waals surface area (Å²) in [5.74, 6) is 1.12. The highest BCUT2D eigenvalue weighted by Crippen LogP contribution is 2.30. The Morgan fingerprint density at radius 1 is 1.44 bits per heavy atom. The van der Waals surface area contributed by atoms with Crippen molar-refractivity contribution >= 4 is 11.5 Å². The molecule has 0 saturated carbocycles. The number of hydrogen-bond donors (Lipinski definition) is 2. The predicted octanol–water partition coefficient (Wildman–Crippen LogP) is 2.43. The number of nitrogen functional groups attached to an aromatic ring is 1. The number of aryl methyl sites for hydroxylation is 1. The average Bonchev–Trinajstić information content (AvgIpc) is 2.81. The first-order valence-electron chi connectivity index (χ1n) is 6.45. The molecule has 0 amide bonds. The van der Waals surface area contributed by atoms with Crippen LogP contribution in [-0.4, -0.2) is 16.3 Å². The van der Waals surface area contributed by atoms with Gasteiger partial charge in [0, 0.05) is 18.3 Å². The largest absolute Gasteiger partial charge is 0.399 e. The molecule has 1 aliphatic rings. The lowest BCUT2D eigenvalue weighted by Crippen LogP contribution is -2.24. The molecule has 1 aromatic heterocycles. The average molecular weight is 242 g/mol. The summed E-state index contributed by atoms with van der Waals surface area (Å²) in [5, 5.41) is 8.07. The van der Waals surface area contributed by atoms with Gasteiger partial charge in [-0.2, -0.15) is 5.10 Å². The van der Waals surface area contributed by atoms with Crippen LogP contribution in [0, 0.1) is 0 Å². The third-order valence-corrected chi connectivity index (χ3v) is 3.46. The van der Waals surface area contributed by atoms with Crippen LogP contribution in [0.1, 0.15) is 30.6 Å². The van der Waals surface area contributed by atoms with Gasteiger partial charge in [-0.05, 0) is 30.5 Å². The summed E-state index contributed by atoms with van der Waals surface area (Å²) in [7, 11) is 0. The van der Waals surface area contributed by atoms with Crippen molar-refractivity contribution in [2.24, 2.45) is 0 Å². The number of nitrogens with zero attached hydrogens (tertiary/aromatic N) is 2. The molecule has 1 unspecified atom stereocenters. The summed E-state index contributed by atoms with van der Waals surface area (Å²) in [4.78, 5) is 0. The summed E-state index contributed by atoms with van der Waals surface area (Å²) >= 11 is 0. The second kappa shape index (κ2) is 4.37. The molecule has 2 aromatic rings. The Balaban J connectivity index is 2.02. The van der Waals surface area contributed by atoms with Gasteiger partial charge in [0.1, 0.15) is 5.82 Å². The first kappa shape index (κ1) is 11.1. The lowest BCUT2D eigenvalue weighted by Gasteiger charge is -2.26. The molecule has 3 rings (SSSR count). The number of hydrogen-bond acceptors (Lipinski definition) is 3. The number of aromatic nitrogens is 2. The summed E-state index contributed by atoms with van der Waals surface area (Å²) in [6.45, 7) is 3.11. The maximum absolute atomic E-state index is 5.87. The molecule has 4 nitrogen and oxygen atoms in total. The van der Waals surface area contributed by atoms with Crippen molar-refractivity contribution in [3.05, 3.63) is 41.6 Å². The quantitative estimate of drug-likeness (QED) is 0.795. The Labute approximate surface area is 107 Å². The van der Waals surface area contributed by atoms with Crippen LogP contribution in [0.25, 0.3) is 0 Å². The molecular weight excluding hydrogens is 224 g/mol. The third kappa shape index (κ3) is 1.83. The van der Waals surface area contributed by atoms with E-state index in [2.05, 4.69) is 34.2 Å². The number of rotatable bonds is 2. The van der Waals surface area contributed by atoms with Gasteiger partial charge in [0.25, 0.3) is 0 Å². The molecule has 4 heteroatoms. The third-order valence-electron chi connectivity index (χ3n) is 3.46. The summed E-state index contributed by atoms with van der Waals surface area (Å²) in [6.07, 6.45) is 2.01. The zero-order chi connectivity index (χ0) is 12.5. The maximum atomic E-state index is 5.87. The van der Waals surface area contributed by atoms with Gasteiger partial charge < -0.3 is 11.1 Å². The van der Waals surface area contributed by atoms with E-state index in [9.17, 15) is 0 Å². The van der Waals surface area contributed by atoms with Crippen LogP contribution >= 0.6 is 0 Å². The van der Waals surface area contributed by atoms with E-state index in [4.69, 9.17) is 5.73 Å². The normalized spacial score (nSPS) is 18.2. The Morgan fingerprint density at radius 2 is 2.33 bits per heavy atom. The smallest absolute Gasteiger partial charge is 0.125 e. The van der Waals surface area contributed by atoms with Crippen molar-refractivity contribution in [3.63, 3.8) is 0 Å². The Morgan fingerprint density at radius 3 is 3.11 bits per heavy atom. The molecule has 2 heterocycles. The van der Waals surface area contributed by atoms with Gasteiger partial charge in [0.05, 0.1) is 11.7 Å². The zero-order valence-corrected chi connectivity index (χ0v) is 10.6. The number of fused-ring (bicyclic) bond motifs is 1. The fourth-order valence-electron chi connectivity index (χ4n) is 2.52. The first-order valence-corrected chi connectivity index (χ1v) is 6.45. The molecule has 1 atom stereocenters. The Kier molecular flexibility index (Phi) is 2.70. The van der Waals surface area contributed by atoms with Gasteiger partial charge in [0.15, 0.2) is 0 Å². The number of nitrogens with two attached hydrogens (primary N) is 1. The van der Waals surface area contributed by atoms with Crippen LogP contribution < -0.4 is 11.1 Å². The van der Waals surface area contributed by atoms with E-state index >= 15 is 0 Å². The van der Waals surface area contributed by atoms with Crippen molar-refractivity contribution < 1.29 is 0 Å². The van der Waals surface area contributed by atoms with Gasteiger partial charge >= 0.3 is 0 Å². The maximum Gasteiger partial charge on any atom is 0.125 e. The molecule has 3 N–H and O–H groups in total. The van der Waals surface area contributed by atoms with Crippen LogP contribution in [0.2, 0.25) is 0 Å². The number of benzene rings is 1. The minimum absolute atomic E-state index is 0.296. The molecule has 0 fully saturated rings. The van der Waals surface area contributed by atoms with E-state index in [1.165, 1.54) is 5.56 Å². The van der Waals surface area contributed by atoms with Crippen LogP contribution in [0.5, 0.6) is 0 Å². The van der Waals surface area contributed by atoms with Gasteiger partial charge in [0.2, 0.25) is 0 Å². The first-order chi connectivity index (χ1) is 8.78. The monoisotopic (exact) mass is 242 g/mol. The molecule has 0 aliphatic carbocycles. The summed E-state index contributed by atoms with van der Waals surface area (Å²) in [6, 6.07) is 10.5. The molecule has 0 bridgehead atoms. The van der Waals surface area contributed by atoms with E-state index in [0.717, 1.165) is 36.6 Å². The summed E-state index contributed by atoms with van der Waals surface area (Å²) < 4.78 is 2.09. The lowest BCUT2D eigenvalue weighted by atomic mass is 10.0. The fourth-order valence-corrected chi connectivity index (χ4v) is 2.52. The standard InChI is InChI=1S/C14H18N4/c1-2-12-9-14-16-7-6-13(18(14)17-12)10-4-3-5-11(15)8-10/h3-5,8-9,13,16H,2,6-7,15H2,1H3. The topological polar surface area (TPSA) is 55.9 Å². The highest BCUT2D eigenvalue weighted by atomic mass is 15.4. The van der Waals surface area contributed by atoms with E-state index in [0.29, 0.717) is 6.04 Å². The molecule has 1 aliphatic heterocycles. The molecule has 1 aromatic carbocycles. The van der Waals surface area contributed by atoms with Crippen LogP contribution in [0.4, 0.5) is 11.5 Å². The highest BCUT2D eigenvalue weighted by Gasteiger charge is 2.22. The van der Waals surface area contributed by atoms with Gasteiger partial charge in [-0.15, -0.1) is 0 Å². The second-order valence-corrected chi connectivity index (χ2v) is 4.72. The van der Waals surface area contributed by atoms with E-state index in [1.54, 1.807) is 0 Å². The summed E-state index contributed by atoms with van der Waals surface area (Å²) in [5.41, 5.74) is 9.06. The minimum atomic E-state index is 0.296. The van der Waals surface area contributed by atoms with E-state index in [-0.39, 0.29) is 0 Å². The van der Waals surface area contributed by atoms with Crippen LogP contribution in [0.3, 0.4) is 0 Å². The molecule has 18 heavy (non-hydrogen) atoms. The van der Waals surface area contributed by atoms with E-state index in [1.807, 2.05) is 18.2 Å². The van der Waals surface area contributed by atoms with Crippen molar-refractivity contribution in [3.8, 4) is 0 Å². The lowest BCUT2D eigenvalue weighted by molar-refractivity contribution is 0.478. The molecule has 0 saturated heterocycles. The van der Waals surface area contributed by atoms with Crippen LogP contribution in [0.15, 0.2) is 30.3 Å². The van der Waals surface area contributed by atoms with Crippen molar-refractivity contribution in [2.75, 3.05) is 17.6 Å². The molecule has 0 radical (unpaired) electrons. The molecule has 0 spiro atoms. The van der Waals surface area contributed by atoms with Crippen LogP contribution in [-0.2, 0) is 6.42 Å². The van der Waals surface area contributed by atoms with Gasteiger partial charge in [-0.1, -0.05) is 19.1 Å². The minimum Gasteiger partial charge on any atom is -0.399 e. The number of nitrogens with one attached hydrogen (secondary N) is 1. The fraction of sp³-hybridized carbons (Fsp3) is 0.357. The Bertz CT molecular complexity index is 559. The van der Waals surface area contributed by atoms with E-state index < -0.39 is 0 Å². The van der Waals surface area contributed by atoms with Crippen molar-refractivity contribution in [1.29, 1.82) is 0 Å². The predicted molar refractivity (Wildman–Crippen MR) is 73.7 cm³/mol. The second-order valence-electron chi connectivity index (χ2n) is 4.72. The van der Waals surface area contributed by atoms with Gasteiger partial charge in [-0.25, -0.2) is 4.68 Å².